The van der Waals surface area contributed by atoms with Crippen LogP contribution in [0.15, 0.2) is 24.3 Å². The average molecular weight is 211 g/mol. The third kappa shape index (κ3) is 3.61. The van der Waals surface area contributed by atoms with Crippen LogP contribution in [0.25, 0.3) is 0 Å². The fourth-order valence-electron chi connectivity index (χ4n) is 1.39. The van der Waals surface area contributed by atoms with Crippen LogP contribution in [0.5, 0.6) is 0 Å². The van der Waals surface area contributed by atoms with E-state index in [0.717, 1.165) is 0 Å². The third-order valence-electron chi connectivity index (χ3n) is 2.51. The molecular weight excluding hydrogens is 193 g/mol. The second-order valence-corrected chi connectivity index (χ2v) is 4.01. The van der Waals surface area contributed by atoms with E-state index in [2.05, 4.69) is 5.32 Å². The Morgan fingerprint density at radius 3 is 2.53 bits per heavy atom. The number of hydrogen-bond donors (Lipinski definition) is 2. The molecule has 84 valence electrons. The maximum Gasteiger partial charge on any atom is 0.127 e. The molecule has 0 bridgehead atoms. The van der Waals surface area contributed by atoms with Gasteiger partial charge in [-0.05, 0) is 12.0 Å². The van der Waals surface area contributed by atoms with E-state index in [-0.39, 0.29) is 18.5 Å². The Hall–Kier alpha value is -0.930. The predicted octanol–water partition coefficient (Wildman–Crippen LogP) is 1.93. The van der Waals surface area contributed by atoms with Gasteiger partial charge in [0.05, 0.1) is 6.61 Å². The molecule has 0 saturated carbocycles. The van der Waals surface area contributed by atoms with Gasteiger partial charge >= 0.3 is 0 Å². The Morgan fingerprint density at radius 2 is 2.00 bits per heavy atom. The van der Waals surface area contributed by atoms with Gasteiger partial charge in [-0.25, -0.2) is 4.39 Å². The van der Waals surface area contributed by atoms with E-state index in [9.17, 15) is 4.39 Å². The molecule has 1 aromatic rings. The van der Waals surface area contributed by atoms with Gasteiger partial charge in [0, 0.05) is 18.2 Å². The third-order valence-corrected chi connectivity index (χ3v) is 2.51. The van der Waals surface area contributed by atoms with Crippen molar-refractivity contribution in [3.8, 4) is 0 Å². The minimum Gasteiger partial charge on any atom is -0.395 e. The molecule has 0 radical (unpaired) electrons. The van der Waals surface area contributed by atoms with Gasteiger partial charge in [0.25, 0.3) is 0 Å². The molecule has 3 heteroatoms. The zero-order chi connectivity index (χ0) is 11.3. The van der Waals surface area contributed by atoms with E-state index in [1.165, 1.54) is 6.07 Å². The summed E-state index contributed by atoms with van der Waals surface area (Å²) in [6, 6.07) is 6.69. The molecule has 0 amide bonds. The molecule has 0 fully saturated rings. The topological polar surface area (TPSA) is 32.3 Å². The minimum atomic E-state index is -0.203. The summed E-state index contributed by atoms with van der Waals surface area (Å²) in [5.74, 6) is 0.132. The van der Waals surface area contributed by atoms with Crippen LogP contribution < -0.4 is 5.32 Å². The fourth-order valence-corrected chi connectivity index (χ4v) is 1.39. The van der Waals surface area contributed by atoms with Gasteiger partial charge in [-0.15, -0.1) is 0 Å². The highest BCUT2D eigenvalue weighted by Gasteiger charge is 2.11. The zero-order valence-corrected chi connectivity index (χ0v) is 9.20. The lowest BCUT2D eigenvalue weighted by Gasteiger charge is -2.20. The molecule has 1 rings (SSSR count). The van der Waals surface area contributed by atoms with Crippen molar-refractivity contribution in [2.24, 2.45) is 5.92 Å². The molecule has 2 nitrogen and oxygen atoms in total. The number of aliphatic hydroxyl groups is 1. The van der Waals surface area contributed by atoms with Crippen molar-refractivity contribution >= 4 is 0 Å². The van der Waals surface area contributed by atoms with Crippen molar-refractivity contribution in [1.82, 2.24) is 5.32 Å². The fraction of sp³-hybridized carbons (Fsp3) is 0.500. The van der Waals surface area contributed by atoms with Gasteiger partial charge in [-0.3, -0.25) is 0 Å². The summed E-state index contributed by atoms with van der Waals surface area (Å²) in [5.41, 5.74) is 0.636. The van der Waals surface area contributed by atoms with E-state index in [4.69, 9.17) is 5.11 Å². The maximum absolute atomic E-state index is 13.2. The number of halogens is 1. The quantitative estimate of drug-likeness (QED) is 0.780. The van der Waals surface area contributed by atoms with Crippen LogP contribution >= 0.6 is 0 Å². The van der Waals surface area contributed by atoms with Gasteiger partial charge in [-0.2, -0.15) is 0 Å². The van der Waals surface area contributed by atoms with Crippen molar-refractivity contribution in [2.75, 3.05) is 6.61 Å². The first-order valence-corrected chi connectivity index (χ1v) is 5.22. The van der Waals surface area contributed by atoms with Crippen LogP contribution in [-0.4, -0.2) is 17.8 Å². The van der Waals surface area contributed by atoms with Crippen molar-refractivity contribution in [3.63, 3.8) is 0 Å². The smallest absolute Gasteiger partial charge is 0.127 e. The highest BCUT2D eigenvalue weighted by molar-refractivity contribution is 5.17. The lowest BCUT2D eigenvalue weighted by atomic mass is 10.1. The van der Waals surface area contributed by atoms with Crippen LogP contribution in [0.3, 0.4) is 0 Å². The van der Waals surface area contributed by atoms with E-state index in [1.807, 2.05) is 19.9 Å². The lowest BCUT2D eigenvalue weighted by Crippen LogP contribution is -2.36. The molecule has 0 spiro atoms. The molecule has 0 unspecified atom stereocenters. The summed E-state index contributed by atoms with van der Waals surface area (Å²) in [6.45, 7) is 4.58. The zero-order valence-electron chi connectivity index (χ0n) is 9.20. The minimum absolute atomic E-state index is 0.0182. The van der Waals surface area contributed by atoms with Crippen LogP contribution in [0.4, 0.5) is 4.39 Å². The van der Waals surface area contributed by atoms with Gasteiger partial charge in [0.15, 0.2) is 0 Å². The Morgan fingerprint density at radius 1 is 1.33 bits per heavy atom. The van der Waals surface area contributed by atoms with Crippen LogP contribution in [0.2, 0.25) is 0 Å². The van der Waals surface area contributed by atoms with Crippen LogP contribution in [0.1, 0.15) is 19.4 Å². The van der Waals surface area contributed by atoms with Crippen molar-refractivity contribution < 1.29 is 9.50 Å². The highest BCUT2D eigenvalue weighted by Crippen LogP contribution is 2.07. The first-order valence-electron chi connectivity index (χ1n) is 5.22. The average Bonchev–Trinajstić information content (AvgIpc) is 2.21. The number of aliphatic hydroxyl groups excluding tert-OH is 1. The van der Waals surface area contributed by atoms with Gasteiger partial charge in [-0.1, -0.05) is 32.0 Å². The van der Waals surface area contributed by atoms with Crippen molar-refractivity contribution in [2.45, 2.75) is 26.4 Å². The Bertz CT molecular complexity index is 301. The summed E-state index contributed by atoms with van der Waals surface area (Å²) in [6.07, 6.45) is 0. The molecule has 0 heterocycles. The van der Waals surface area contributed by atoms with Gasteiger partial charge in [0.2, 0.25) is 0 Å². The summed E-state index contributed by atoms with van der Waals surface area (Å²) < 4.78 is 13.2. The molecule has 15 heavy (non-hydrogen) atoms. The molecule has 0 aliphatic heterocycles. The second-order valence-electron chi connectivity index (χ2n) is 4.01. The Labute approximate surface area is 90.1 Å². The SMILES string of the molecule is CC(C)[C@@H](CO)NCc1ccccc1F. The van der Waals surface area contributed by atoms with E-state index in [0.29, 0.717) is 18.0 Å². The first kappa shape index (κ1) is 12.1. The molecule has 1 atom stereocenters. The standard InChI is InChI=1S/C12H18FNO/c1-9(2)12(8-15)14-7-10-5-3-4-6-11(10)13/h3-6,9,12,14-15H,7-8H2,1-2H3/t12-/m1/s1. The van der Waals surface area contributed by atoms with Crippen LogP contribution in [0, 0.1) is 11.7 Å². The molecule has 0 aliphatic carbocycles. The number of benzene rings is 1. The molecular formula is C12H18FNO. The van der Waals surface area contributed by atoms with Gasteiger partial charge < -0.3 is 10.4 Å². The molecule has 0 aliphatic rings. The predicted molar refractivity (Wildman–Crippen MR) is 59.0 cm³/mol. The monoisotopic (exact) mass is 211 g/mol. The van der Waals surface area contributed by atoms with E-state index < -0.39 is 0 Å². The highest BCUT2D eigenvalue weighted by atomic mass is 19.1. The molecule has 0 aromatic heterocycles. The Balaban J connectivity index is 2.53. The molecule has 1 aromatic carbocycles. The van der Waals surface area contributed by atoms with Gasteiger partial charge in [0.1, 0.15) is 5.82 Å². The van der Waals surface area contributed by atoms with E-state index in [1.54, 1.807) is 12.1 Å². The second kappa shape index (κ2) is 5.83. The van der Waals surface area contributed by atoms with Crippen molar-refractivity contribution in [1.29, 1.82) is 0 Å². The van der Waals surface area contributed by atoms with Crippen LogP contribution in [-0.2, 0) is 6.54 Å². The largest absolute Gasteiger partial charge is 0.395 e. The number of nitrogens with one attached hydrogen (secondary N) is 1. The summed E-state index contributed by atoms with van der Waals surface area (Å²) in [4.78, 5) is 0. The van der Waals surface area contributed by atoms with Crippen molar-refractivity contribution in [3.05, 3.63) is 35.6 Å². The summed E-state index contributed by atoms with van der Waals surface area (Å²) >= 11 is 0. The summed E-state index contributed by atoms with van der Waals surface area (Å²) in [7, 11) is 0. The lowest BCUT2D eigenvalue weighted by molar-refractivity contribution is 0.209. The van der Waals surface area contributed by atoms with E-state index >= 15 is 0 Å². The normalized spacial score (nSPS) is 13.1. The number of hydrogen-bond acceptors (Lipinski definition) is 2. The summed E-state index contributed by atoms with van der Waals surface area (Å²) in [5, 5.41) is 12.2. The molecule has 2 N–H and O–H groups in total. The number of rotatable bonds is 5. The first-order chi connectivity index (χ1) is 7.15. The molecule has 0 saturated heterocycles. The Kier molecular flexibility index (Phi) is 4.72. The maximum atomic E-state index is 13.2.